The highest BCUT2D eigenvalue weighted by Crippen LogP contribution is 2.28. The lowest BCUT2D eigenvalue weighted by atomic mass is 10.0. The molecule has 0 saturated carbocycles. The van der Waals surface area contributed by atoms with Crippen molar-refractivity contribution in [3.63, 3.8) is 0 Å². The van der Waals surface area contributed by atoms with Crippen LogP contribution in [0.25, 0.3) is 11.0 Å². The van der Waals surface area contributed by atoms with Crippen LogP contribution in [-0.2, 0) is 6.42 Å². The second kappa shape index (κ2) is 9.55. The summed E-state index contributed by atoms with van der Waals surface area (Å²) in [4.78, 5) is 18.9. The second-order valence-electron chi connectivity index (χ2n) is 7.83. The number of aromatic nitrogens is 2. The standard InChI is InChI=1S/C23H31N3O2S/c1-5-17(6-2)26-21-10-9-16(23(28)25-20(14-27)15(3)4)12-19(21)24-22(26)13-18-8-7-11-29-18/h7-12,15,17,20,27H,5-6,13-14H2,1-4H3,(H,25,28). The third-order valence-electron chi connectivity index (χ3n) is 5.56. The number of aliphatic hydroxyl groups is 1. The molecule has 0 saturated heterocycles. The molecule has 0 fully saturated rings. The van der Waals surface area contributed by atoms with Crippen LogP contribution in [0.2, 0.25) is 0 Å². The summed E-state index contributed by atoms with van der Waals surface area (Å²) >= 11 is 1.74. The van der Waals surface area contributed by atoms with Gasteiger partial charge in [-0.2, -0.15) is 0 Å². The number of hydrogen-bond donors (Lipinski definition) is 2. The predicted molar refractivity (Wildman–Crippen MR) is 120 cm³/mol. The molecule has 1 atom stereocenters. The summed E-state index contributed by atoms with van der Waals surface area (Å²) in [7, 11) is 0. The van der Waals surface area contributed by atoms with Crippen LogP contribution < -0.4 is 5.32 Å². The Bertz CT molecular complexity index is 943. The van der Waals surface area contributed by atoms with Gasteiger partial charge in [0.15, 0.2) is 0 Å². The molecule has 2 heterocycles. The van der Waals surface area contributed by atoms with Crippen LogP contribution in [0.5, 0.6) is 0 Å². The molecule has 0 radical (unpaired) electrons. The highest BCUT2D eigenvalue weighted by molar-refractivity contribution is 7.09. The Hall–Kier alpha value is -2.18. The minimum Gasteiger partial charge on any atom is -0.394 e. The van der Waals surface area contributed by atoms with Gasteiger partial charge in [0.05, 0.1) is 23.7 Å². The molecule has 0 aliphatic rings. The van der Waals surface area contributed by atoms with Crippen molar-refractivity contribution in [3.8, 4) is 0 Å². The van der Waals surface area contributed by atoms with Gasteiger partial charge in [0.25, 0.3) is 5.91 Å². The second-order valence-corrected chi connectivity index (χ2v) is 8.87. The number of fused-ring (bicyclic) bond motifs is 1. The van der Waals surface area contributed by atoms with Crippen molar-refractivity contribution in [1.82, 2.24) is 14.9 Å². The fraction of sp³-hybridized carbons (Fsp3) is 0.478. The topological polar surface area (TPSA) is 67.2 Å². The Kier molecular flexibility index (Phi) is 7.09. The minimum atomic E-state index is -0.255. The molecule has 156 valence electrons. The molecule has 2 aromatic heterocycles. The maximum Gasteiger partial charge on any atom is 0.251 e. The normalized spacial score (nSPS) is 12.8. The van der Waals surface area contributed by atoms with E-state index in [9.17, 15) is 9.90 Å². The van der Waals surface area contributed by atoms with Crippen LogP contribution >= 0.6 is 11.3 Å². The maximum absolute atomic E-state index is 12.7. The smallest absolute Gasteiger partial charge is 0.251 e. The van der Waals surface area contributed by atoms with Gasteiger partial charge in [-0.05, 0) is 48.4 Å². The van der Waals surface area contributed by atoms with Crippen molar-refractivity contribution in [2.75, 3.05) is 6.61 Å². The summed E-state index contributed by atoms with van der Waals surface area (Å²) in [6.45, 7) is 8.31. The molecule has 2 N–H and O–H groups in total. The first-order valence-corrected chi connectivity index (χ1v) is 11.3. The van der Waals surface area contributed by atoms with Gasteiger partial charge in [-0.25, -0.2) is 4.98 Å². The van der Waals surface area contributed by atoms with Gasteiger partial charge in [-0.3, -0.25) is 4.79 Å². The van der Waals surface area contributed by atoms with Crippen molar-refractivity contribution in [2.45, 2.75) is 59.0 Å². The lowest BCUT2D eigenvalue weighted by Crippen LogP contribution is -2.41. The highest BCUT2D eigenvalue weighted by atomic mass is 32.1. The van der Waals surface area contributed by atoms with Crippen LogP contribution in [0.1, 0.15) is 67.6 Å². The van der Waals surface area contributed by atoms with Gasteiger partial charge in [-0.1, -0.05) is 33.8 Å². The monoisotopic (exact) mass is 413 g/mol. The third kappa shape index (κ3) is 4.70. The molecular weight excluding hydrogens is 382 g/mol. The number of nitrogens with one attached hydrogen (secondary N) is 1. The fourth-order valence-electron chi connectivity index (χ4n) is 3.72. The molecule has 5 nitrogen and oxygen atoms in total. The number of carbonyl (C=O) groups is 1. The Balaban J connectivity index is 1.99. The molecule has 3 aromatic rings. The summed E-state index contributed by atoms with van der Waals surface area (Å²) in [6.07, 6.45) is 2.87. The maximum atomic E-state index is 12.7. The van der Waals surface area contributed by atoms with Crippen molar-refractivity contribution in [1.29, 1.82) is 0 Å². The molecule has 0 aliphatic heterocycles. The molecule has 29 heavy (non-hydrogen) atoms. The van der Waals surface area contributed by atoms with Crippen molar-refractivity contribution in [2.24, 2.45) is 5.92 Å². The quantitative estimate of drug-likeness (QED) is 0.530. The molecule has 0 aliphatic carbocycles. The van der Waals surface area contributed by atoms with Crippen molar-refractivity contribution in [3.05, 3.63) is 52.0 Å². The van der Waals surface area contributed by atoms with E-state index >= 15 is 0 Å². The summed E-state index contributed by atoms with van der Waals surface area (Å²) in [5.74, 6) is 1.04. The predicted octanol–water partition coefficient (Wildman–Crippen LogP) is 4.80. The lowest BCUT2D eigenvalue weighted by molar-refractivity contribution is 0.0897. The van der Waals surface area contributed by atoms with Crippen molar-refractivity contribution < 1.29 is 9.90 Å². The summed E-state index contributed by atoms with van der Waals surface area (Å²) in [6, 6.07) is 10.1. The number of benzene rings is 1. The van der Waals surface area contributed by atoms with Gasteiger partial charge in [0.1, 0.15) is 5.82 Å². The van der Waals surface area contributed by atoms with E-state index in [4.69, 9.17) is 4.98 Å². The average Bonchev–Trinajstić information content (AvgIpc) is 3.34. The number of thiophene rings is 1. The van der Waals surface area contributed by atoms with E-state index in [0.717, 1.165) is 36.1 Å². The number of rotatable bonds is 9. The van der Waals surface area contributed by atoms with Crippen LogP contribution in [0.4, 0.5) is 0 Å². The SMILES string of the molecule is CCC(CC)n1c(Cc2cccs2)nc2cc(C(=O)NC(CO)C(C)C)ccc21. The average molecular weight is 414 g/mol. The molecule has 1 aromatic carbocycles. The first-order valence-electron chi connectivity index (χ1n) is 10.4. The van der Waals surface area contributed by atoms with Crippen LogP contribution in [-0.4, -0.2) is 33.2 Å². The van der Waals surface area contributed by atoms with Gasteiger partial charge in [0.2, 0.25) is 0 Å². The molecule has 3 rings (SSSR count). The molecule has 0 spiro atoms. The summed E-state index contributed by atoms with van der Waals surface area (Å²) in [5.41, 5.74) is 2.50. The van der Waals surface area contributed by atoms with E-state index in [2.05, 4.69) is 41.2 Å². The number of nitrogens with zero attached hydrogens (tertiary/aromatic N) is 2. The first-order chi connectivity index (χ1) is 14.0. The van der Waals surface area contributed by atoms with E-state index in [-0.39, 0.29) is 24.5 Å². The molecule has 0 bridgehead atoms. The van der Waals surface area contributed by atoms with Gasteiger partial charge in [-0.15, -0.1) is 11.3 Å². The summed E-state index contributed by atoms with van der Waals surface area (Å²) < 4.78 is 2.35. The Labute approximate surface area is 176 Å². The minimum absolute atomic E-state index is 0.0695. The van der Waals surface area contributed by atoms with Crippen LogP contribution in [0.3, 0.4) is 0 Å². The molecule has 6 heteroatoms. The van der Waals surface area contributed by atoms with E-state index in [1.165, 1.54) is 4.88 Å². The lowest BCUT2D eigenvalue weighted by Gasteiger charge is -2.20. The summed E-state index contributed by atoms with van der Waals surface area (Å²) in [5, 5.41) is 14.5. The molecule has 1 unspecified atom stereocenters. The van der Waals surface area contributed by atoms with E-state index < -0.39 is 0 Å². The first kappa shape index (κ1) is 21.5. The number of hydrogen-bond acceptors (Lipinski definition) is 4. The third-order valence-corrected chi connectivity index (χ3v) is 6.44. The molecule has 1 amide bonds. The van der Waals surface area contributed by atoms with Gasteiger partial charge < -0.3 is 15.0 Å². The fourth-order valence-corrected chi connectivity index (χ4v) is 4.42. The Morgan fingerprint density at radius 2 is 2.00 bits per heavy atom. The van der Waals surface area contributed by atoms with Crippen molar-refractivity contribution >= 4 is 28.3 Å². The highest BCUT2D eigenvalue weighted by Gasteiger charge is 2.20. The van der Waals surface area contributed by atoms with E-state index in [1.54, 1.807) is 11.3 Å². The zero-order valence-electron chi connectivity index (χ0n) is 17.7. The zero-order valence-corrected chi connectivity index (χ0v) is 18.5. The van der Waals surface area contributed by atoms with Crippen LogP contribution in [0, 0.1) is 5.92 Å². The Morgan fingerprint density at radius 3 is 2.59 bits per heavy atom. The number of amides is 1. The van der Waals surface area contributed by atoms with E-state index in [1.807, 2.05) is 32.0 Å². The Morgan fingerprint density at radius 1 is 1.24 bits per heavy atom. The zero-order chi connectivity index (χ0) is 21.0. The van der Waals surface area contributed by atoms with Gasteiger partial charge >= 0.3 is 0 Å². The largest absolute Gasteiger partial charge is 0.394 e. The van der Waals surface area contributed by atoms with E-state index in [0.29, 0.717) is 11.6 Å². The molecular formula is C23H31N3O2S. The van der Waals surface area contributed by atoms with Crippen LogP contribution in [0.15, 0.2) is 35.7 Å². The number of aliphatic hydroxyl groups excluding tert-OH is 1. The number of carbonyl (C=O) groups excluding carboxylic acids is 1. The van der Waals surface area contributed by atoms with Gasteiger partial charge in [0, 0.05) is 22.9 Å². The number of imidazole rings is 1.